The van der Waals surface area contributed by atoms with Gasteiger partial charge in [-0.1, -0.05) is 25.0 Å². The summed E-state index contributed by atoms with van der Waals surface area (Å²) in [6.45, 7) is 0.241. The van der Waals surface area contributed by atoms with Crippen LogP contribution in [0.25, 0.3) is 0 Å². The van der Waals surface area contributed by atoms with Crippen LogP contribution in [0.3, 0.4) is 0 Å². The molecule has 1 aromatic rings. The van der Waals surface area contributed by atoms with Gasteiger partial charge in [-0.2, -0.15) is 0 Å². The van der Waals surface area contributed by atoms with Gasteiger partial charge in [0.2, 0.25) is 11.8 Å². The maximum Gasteiger partial charge on any atom is 0.335 e. The van der Waals surface area contributed by atoms with E-state index in [0.717, 1.165) is 31.2 Å². The lowest BCUT2D eigenvalue weighted by atomic mass is 9.81. The zero-order valence-electron chi connectivity index (χ0n) is 11.6. The molecular weight excluding hydrogens is 270 g/mol. The van der Waals surface area contributed by atoms with E-state index in [1.54, 1.807) is 12.1 Å². The molecule has 2 amide bonds. The molecule has 110 valence electrons. The van der Waals surface area contributed by atoms with Crippen LogP contribution in [0.15, 0.2) is 24.3 Å². The molecule has 1 saturated heterocycles. The lowest BCUT2D eigenvalue weighted by Crippen LogP contribution is -2.30. The summed E-state index contributed by atoms with van der Waals surface area (Å²) < 4.78 is 0. The van der Waals surface area contributed by atoms with Crippen molar-refractivity contribution in [2.75, 3.05) is 0 Å². The molecule has 21 heavy (non-hydrogen) atoms. The Kier molecular flexibility index (Phi) is 3.49. The molecule has 0 spiro atoms. The SMILES string of the molecule is O=C(O)c1ccc(CN2C(=O)[C@H]3CCCC[C@H]3C2=O)cc1. The first-order valence-corrected chi connectivity index (χ1v) is 7.25. The number of likely N-dealkylation sites (tertiary alicyclic amines) is 1. The number of rotatable bonds is 3. The van der Waals surface area contributed by atoms with Gasteiger partial charge in [0.15, 0.2) is 0 Å². The predicted molar refractivity (Wildman–Crippen MR) is 74.4 cm³/mol. The Labute approximate surface area is 122 Å². The fraction of sp³-hybridized carbons (Fsp3) is 0.438. The fourth-order valence-electron chi connectivity index (χ4n) is 3.32. The summed E-state index contributed by atoms with van der Waals surface area (Å²) >= 11 is 0. The van der Waals surface area contributed by atoms with Crippen LogP contribution in [0, 0.1) is 11.8 Å². The van der Waals surface area contributed by atoms with Gasteiger partial charge in [0.1, 0.15) is 0 Å². The number of carboxylic acid groups (broad SMARTS) is 1. The summed E-state index contributed by atoms with van der Waals surface area (Å²) in [7, 11) is 0. The van der Waals surface area contributed by atoms with Crippen molar-refractivity contribution < 1.29 is 19.5 Å². The third-order valence-corrected chi connectivity index (χ3v) is 4.47. The molecule has 1 aromatic carbocycles. The molecule has 5 nitrogen and oxygen atoms in total. The number of hydrogen-bond acceptors (Lipinski definition) is 3. The molecule has 1 N–H and O–H groups in total. The Morgan fingerprint density at radius 3 is 2.05 bits per heavy atom. The second-order valence-corrected chi connectivity index (χ2v) is 5.76. The first-order valence-electron chi connectivity index (χ1n) is 7.25. The lowest BCUT2D eigenvalue weighted by Gasteiger charge is -2.19. The summed E-state index contributed by atoms with van der Waals surface area (Å²) in [5.41, 5.74) is 0.979. The summed E-state index contributed by atoms with van der Waals surface area (Å²) in [5.74, 6) is -1.38. The van der Waals surface area contributed by atoms with Gasteiger partial charge in [0.05, 0.1) is 23.9 Å². The number of aromatic carboxylic acids is 1. The summed E-state index contributed by atoms with van der Waals surface area (Å²) in [6, 6.07) is 6.31. The van der Waals surface area contributed by atoms with E-state index in [4.69, 9.17) is 5.11 Å². The smallest absolute Gasteiger partial charge is 0.335 e. The van der Waals surface area contributed by atoms with Gasteiger partial charge in [-0.05, 0) is 30.5 Å². The minimum absolute atomic E-state index is 0.0630. The standard InChI is InChI=1S/C16H17NO4/c18-14-12-3-1-2-4-13(12)15(19)17(14)9-10-5-7-11(8-6-10)16(20)21/h5-8,12-13H,1-4,9H2,(H,20,21)/t12-,13+. The Bertz CT molecular complexity index is 569. The van der Waals surface area contributed by atoms with Crippen molar-refractivity contribution >= 4 is 17.8 Å². The maximum absolute atomic E-state index is 12.3. The number of benzene rings is 1. The topological polar surface area (TPSA) is 74.7 Å². The molecule has 1 heterocycles. The van der Waals surface area contributed by atoms with Crippen molar-refractivity contribution in [1.82, 2.24) is 4.90 Å². The van der Waals surface area contributed by atoms with E-state index in [2.05, 4.69) is 0 Å². The van der Waals surface area contributed by atoms with E-state index in [9.17, 15) is 14.4 Å². The zero-order valence-corrected chi connectivity index (χ0v) is 11.6. The van der Waals surface area contributed by atoms with Crippen molar-refractivity contribution in [2.45, 2.75) is 32.2 Å². The van der Waals surface area contributed by atoms with Crippen LogP contribution >= 0.6 is 0 Å². The van der Waals surface area contributed by atoms with E-state index >= 15 is 0 Å². The number of imide groups is 1. The van der Waals surface area contributed by atoms with Crippen molar-refractivity contribution in [3.8, 4) is 0 Å². The molecule has 2 atom stereocenters. The largest absolute Gasteiger partial charge is 0.478 e. The Morgan fingerprint density at radius 2 is 1.57 bits per heavy atom. The van der Waals surface area contributed by atoms with Crippen molar-refractivity contribution in [2.24, 2.45) is 11.8 Å². The molecule has 2 aliphatic rings. The van der Waals surface area contributed by atoms with Gasteiger partial charge in [-0.15, -0.1) is 0 Å². The van der Waals surface area contributed by atoms with Gasteiger partial charge < -0.3 is 5.11 Å². The highest BCUT2D eigenvalue weighted by molar-refractivity contribution is 6.05. The summed E-state index contributed by atoms with van der Waals surface area (Å²) in [4.78, 5) is 36.8. The lowest BCUT2D eigenvalue weighted by molar-refractivity contribution is -0.140. The highest BCUT2D eigenvalue weighted by Crippen LogP contribution is 2.38. The summed E-state index contributed by atoms with van der Waals surface area (Å²) in [6.07, 6.45) is 3.65. The molecule has 1 aliphatic carbocycles. The van der Waals surface area contributed by atoms with Crippen LogP contribution in [0.1, 0.15) is 41.6 Å². The number of carbonyl (C=O) groups excluding carboxylic acids is 2. The van der Waals surface area contributed by atoms with Crippen LogP contribution in [0.2, 0.25) is 0 Å². The number of carboxylic acids is 1. The summed E-state index contributed by atoms with van der Waals surface area (Å²) in [5, 5.41) is 8.87. The quantitative estimate of drug-likeness (QED) is 0.863. The van der Waals surface area contributed by atoms with Crippen molar-refractivity contribution in [3.63, 3.8) is 0 Å². The predicted octanol–water partition coefficient (Wildman–Crippen LogP) is 2.06. The van der Waals surface area contributed by atoms with Gasteiger partial charge in [-0.25, -0.2) is 4.79 Å². The van der Waals surface area contributed by atoms with E-state index < -0.39 is 5.97 Å². The highest BCUT2D eigenvalue weighted by Gasteiger charge is 2.47. The average Bonchev–Trinajstić information content (AvgIpc) is 2.73. The van der Waals surface area contributed by atoms with Crippen molar-refractivity contribution in [3.05, 3.63) is 35.4 Å². The second-order valence-electron chi connectivity index (χ2n) is 5.76. The van der Waals surface area contributed by atoms with E-state index in [0.29, 0.717) is 0 Å². The van der Waals surface area contributed by atoms with Gasteiger partial charge in [0, 0.05) is 0 Å². The maximum atomic E-state index is 12.3. The number of amides is 2. The highest BCUT2D eigenvalue weighted by atomic mass is 16.4. The van der Waals surface area contributed by atoms with Crippen LogP contribution < -0.4 is 0 Å². The monoisotopic (exact) mass is 287 g/mol. The first kappa shape index (κ1) is 13.8. The van der Waals surface area contributed by atoms with Crippen LogP contribution in [-0.4, -0.2) is 27.8 Å². The number of fused-ring (bicyclic) bond motifs is 1. The molecule has 0 bridgehead atoms. The molecule has 2 fully saturated rings. The third-order valence-electron chi connectivity index (χ3n) is 4.47. The van der Waals surface area contributed by atoms with Crippen molar-refractivity contribution in [1.29, 1.82) is 0 Å². The van der Waals surface area contributed by atoms with Crippen LogP contribution in [-0.2, 0) is 16.1 Å². The minimum atomic E-state index is -0.985. The number of carbonyl (C=O) groups is 3. The number of hydrogen-bond donors (Lipinski definition) is 1. The molecule has 0 aromatic heterocycles. The van der Waals surface area contributed by atoms with Gasteiger partial charge >= 0.3 is 5.97 Å². The average molecular weight is 287 g/mol. The van der Waals surface area contributed by atoms with Gasteiger partial charge in [-0.3, -0.25) is 14.5 Å². The van der Waals surface area contributed by atoms with Crippen LogP contribution in [0.5, 0.6) is 0 Å². The number of nitrogens with zero attached hydrogens (tertiary/aromatic N) is 1. The zero-order chi connectivity index (χ0) is 15.0. The molecule has 1 saturated carbocycles. The third kappa shape index (κ3) is 2.44. The Balaban J connectivity index is 1.76. The molecule has 0 unspecified atom stereocenters. The first-order chi connectivity index (χ1) is 10.1. The van der Waals surface area contributed by atoms with Crippen LogP contribution in [0.4, 0.5) is 0 Å². The Morgan fingerprint density at radius 1 is 1.05 bits per heavy atom. The molecule has 1 aliphatic heterocycles. The van der Waals surface area contributed by atoms with E-state index in [-0.39, 0.29) is 35.8 Å². The van der Waals surface area contributed by atoms with Gasteiger partial charge in [0.25, 0.3) is 0 Å². The fourth-order valence-corrected chi connectivity index (χ4v) is 3.32. The molecule has 0 radical (unpaired) electrons. The molecule has 3 rings (SSSR count). The Hall–Kier alpha value is -2.17. The van der Waals surface area contributed by atoms with E-state index in [1.807, 2.05) is 0 Å². The second kappa shape index (κ2) is 5.31. The molecular formula is C16H17NO4. The minimum Gasteiger partial charge on any atom is -0.478 e. The molecule has 5 heteroatoms. The van der Waals surface area contributed by atoms with E-state index in [1.165, 1.54) is 17.0 Å². The normalized spacial score (nSPS) is 25.0.